The van der Waals surface area contributed by atoms with Crippen molar-refractivity contribution in [1.29, 1.82) is 0 Å². The summed E-state index contributed by atoms with van der Waals surface area (Å²) in [4.78, 5) is 11.1. The number of carbonyl (C=O) groups is 1. The van der Waals surface area contributed by atoms with Crippen LogP contribution in [0.5, 0.6) is 0 Å². The number of halogens is 4. The molecule has 0 saturated carbocycles. The minimum absolute atomic E-state index is 0.0388. The Morgan fingerprint density at radius 2 is 1.80 bits per heavy atom. The summed E-state index contributed by atoms with van der Waals surface area (Å²) in [5.41, 5.74) is -0.442. The van der Waals surface area contributed by atoms with Crippen LogP contribution in [-0.2, 0) is 4.74 Å². The molecule has 0 N–H and O–H groups in total. The van der Waals surface area contributed by atoms with E-state index in [9.17, 15) is 13.6 Å². The topological polar surface area (TPSA) is 26.3 Å². The van der Waals surface area contributed by atoms with Gasteiger partial charge >= 0.3 is 5.97 Å². The van der Waals surface area contributed by atoms with Gasteiger partial charge in [-0.1, -0.05) is 23.2 Å². The van der Waals surface area contributed by atoms with Gasteiger partial charge in [-0.05, 0) is 12.1 Å². The second-order valence-electron chi connectivity index (χ2n) is 2.65. The number of rotatable bonds is 2. The second kappa shape index (κ2) is 4.77. The largest absolute Gasteiger partial charge is 0.465 e. The van der Waals surface area contributed by atoms with Crippen LogP contribution in [0.4, 0.5) is 8.78 Å². The summed E-state index contributed by atoms with van der Waals surface area (Å²) in [5.74, 6) is -0.681. The molecule has 0 saturated heterocycles. The zero-order valence-electron chi connectivity index (χ0n) is 7.56. The number of ether oxygens (including phenoxy) is 1. The van der Waals surface area contributed by atoms with Gasteiger partial charge in [0.1, 0.15) is 0 Å². The van der Waals surface area contributed by atoms with Gasteiger partial charge < -0.3 is 4.74 Å². The van der Waals surface area contributed by atoms with E-state index in [0.29, 0.717) is 0 Å². The third kappa shape index (κ3) is 2.58. The molecule has 82 valence electrons. The Hall–Kier alpha value is -0.870. The van der Waals surface area contributed by atoms with Crippen LogP contribution in [0.15, 0.2) is 12.1 Å². The Labute approximate surface area is 94.7 Å². The number of carbonyl (C=O) groups excluding carboxylic acids is 1. The SMILES string of the molecule is COC(=O)c1cc(Cl)c(C(F)F)c(Cl)c1. The van der Waals surface area contributed by atoms with Gasteiger partial charge in [-0.25, -0.2) is 13.6 Å². The van der Waals surface area contributed by atoms with E-state index in [2.05, 4.69) is 4.74 Å². The lowest BCUT2D eigenvalue weighted by molar-refractivity contribution is 0.0600. The van der Waals surface area contributed by atoms with Crippen LogP contribution in [0, 0.1) is 0 Å². The van der Waals surface area contributed by atoms with Crippen molar-refractivity contribution >= 4 is 29.2 Å². The van der Waals surface area contributed by atoms with Gasteiger partial charge in [0, 0.05) is 0 Å². The lowest BCUT2D eigenvalue weighted by atomic mass is 10.1. The summed E-state index contributed by atoms with van der Waals surface area (Å²) < 4.78 is 29.2. The minimum Gasteiger partial charge on any atom is -0.465 e. The molecule has 6 heteroatoms. The Morgan fingerprint density at radius 3 is 2.13 bits per heavy atom. The maximum absolute atomic E-state index is 12.4. The van der Waals surface area contributed by atoms with E-state index in [4.69, 9.17) is 23.2 Å². The Balaban J connectivity index is 3.25. The standard InChI is InChI=1S/C9H6Cl2F2O2/c1-15-9(14)4-2-5(10)7(8(12)13)6(11)3-4/h2-3,8H,1H3. The number of benzene rings is 1. The smallest absolute Gasteiger partial charge is 0.337 e. The average Bonchev–Trinajstić information content (AvgIpc) is 2.14. The third-order valence-electron chi connectivity index (χ3n) is 1.72. The van der Waals surface area contributed by atoms with E-state index in [-0.39, 0.29) is 15.6 Å². The van der Waals surface area contributed by atoms with E-state index in [1.165, 1.54) is 7.11 Å². The number of esters is 1. The van der Waals surface area contributed by atoms with Gasteiger partial charge in [0.25, 0.3) is 6.43 Å². The van der Waals surface area contributed by atoms with Crippen molar-refractivity contribution in [3.63, 3.8) is 0 Å². The molecule has 15 heavy (non-hydrogen) atoms. The van der Waals surface area contributed by atoms with Gasteiger partial charge in [-0.2, -0.15) is 0 Å². The average molecular weight is 255 g/mol. The molecule has 0 fully saturated rings. The number of alkyl halides is 2. The minimum atomic E-state index is -2.78. The molecular formula is C9H6Cl2F2O2. The zero-order valence-corrected chi connectivity index (χ0v) is 9.07. The number of hydrogen-bond donors (Lipinski definition) is 0. The van der Waals surface area contributed by atoms with Gasteiger partial charge in [0.15, 0.2) is 0 Å². The molecule has 0 aliphatic heterocycles. The summed E-state index contributed by atoms with van der Waals surface area (Å²) >= 11 is 11.1. The van der Waals surface area contributed by atoms with Crippen LogP contribution in [-0.4, -0.2) is 13.1 Å². The van der Waals surface area contributed by atoms with E-state index in [0.717, 1.165) is 12.1 Å². The van der Waals surface area contributed by atoms with E-state index in [1.807, 2.05) is 0 Å². The molecule has 0 aromatic heterocycles. The predicted octanol–water partition coefficient (Wildman–Crippen LogP) is 3.72. The van der Waals surface area contributed by atoms with Crippen LogP contribution >= 0.6 is 23.2 Å². The lowest BCUT2D eigenvalue weighted by Crippen LogP contribution is -2.02. The van der Waals surface area contributed by atoms with Gasteiger partial charge in [-0.3, -0.25) is 0 Å². The van der Waals surface area contributed by atoms with Gasteiger partial charge in [0.05, 0.1) is 28.3 Å². The van der Waals surface area contributed by atoms with Crippen LogP contribution < -0.4 is 0 Å². The maximum Gasteiger partial charge on any atom is 0.337 e. The van der Waals surface area contributed by atoms with E-state index >= 15 is 0 Å². The van der Waals surface area contributed by atoms with Crippen molar-refractivity contribution < 1.29 is 18.3 Å². The molecule has 0 aliphatic rings. The van der Waals surface area contributed by atoms with Crippen molar-refractivity contribution in [2.75, 3.05) is 7.11 Å². The van der Waals surface area contributed by atoms with Crippen molar-refractivity contribution in [2.45, 2.75) is 6.43 Å². The second-order valence-corrected chi connectivity index (χ2v) is 3.46. The Morgan fingerprint density at radius 1 is 1.33 bits per heavy atom. The first-order chi connectivity index (χ1) is 6.97. The first-order valence-corrected chi connectivity index (χ1v) is 4.58. The molecule has 0 unspecified atom stereocenters. The summed E-state index contributed by atoms with van der Waals surface area (Å²) in [6.45, 7) is 0. The van der Waals surface area contributed by atoms with Crippen LogP contribution in [0.1, 0.15) is 22.3 Å². The number of hydrogen-bond acceptors (Lipinski definition) is 2. The van der Waals surface area contributed by atoms with E-state index < -0.39 is 18.0 Å². The molecule has 2 nitrogen and oxygen atoms in total. The normalized spacial score (nSPS) is 10.5. The molecule has 0 amide bonds. The molecule has 0 aliphatic carbocycles. The van der Waals surface area contributed by atoms with Crippen molar-refractivity contribution in [1.82, 2.24) is 0 Å². The van der Waals surface area contributed by atoms with Gasteiger partial charge in [-0.15, -0.1) is 0 Å². The number of methoxy groups -OCH3 is 1. The highest BCUT2D eigenvalue weighted by Crippen LogP contribution is 2.34. The predicted molar refractivity (Wildman–Crippen MR) is 52.8 cm³/mol. The summed E-state index contributed by atoms with van der Waals surface area (Å²) in [5, 5.41) is -0.504. The maximum atomic E-state index is 12.4. The molecular weight excluding hydrogens is 249 g/mol. The molecule has 1 rings (SSSR count). The fourth-order valence-electron chi connectivity index (χ4n) is 1.03. The van der Waals surface area contributed by atoms with Crippen LogP contribution in [0.25, 0.3) is 0 Å². The highest BCUT2D eigenvalue weighted by molar-refractivity contribution is 6.36. The van der Waals surface area contributed by atoms with Crippen LogP contribution in [0.2, 0.25) is 10.0 Å². The quantitative estimate of drug-likeness (QED) is 0.753. The summed E-state index contributed by atoms with van der Waals surface area (Å²) in [6, 6.07) is 2.20. The van der Waals surface area contributed by atoms with Crippen molar-refractivity contribution in [3.8, 4) is 0 Å². The molecule has 0 atom stereocenters. The molecule has 1 aromatic rings. The fourth-order valence-corrected chi connectivity index (χ4v) is 1.68. The van der Waals surface area contributed by atoms with Crippen LogP contribution in [0.3, 0.4) is 0 Å². The van der Waals surface area contributed by atoms with Crippen molar-refractivity contribution in [3.05, 3.63) is 33.3 Å². The lowest BCUT2D eigenvalue weighted by Gasteiger charge is -2.07. The molecule has 1 aromatic carbocycles. The monoisotopic (exact) mass is 254 g/mol. The highest BCUT2D eigenvalue weighted by Gasteiger charge is 2.19. The highest BCUT2D eigenvalue weighted by atomic mass is 35.5. The zero-order chi connectivity index (χ0) is 11.6. The molecule has 0 bridgehead atoms. The Kier molecular flexibility index (Phi) is 3.88. The summed E-state index contributed by atoms with van der Waals surface area (Å²) in [6.07, 6.45) is -2.78. The van der Waals surface area contributed by atoms with E-state index in [1.54, 1.807) is 0 Å². The third-order valence-corrected chi connectivity index (χ3v) is 2.34. The first-order valence-electron chi connectivity index (χ1n) is 3.82. The van der Waals surface area contributed by atoms with Gasteiger partial charge in [0.2, 0.25) is 0 Å². The molecule has 0 radical (unpaired) electrons. The first kappa shape index (κ1) is 12.2. The fraction of sp³-hybridized carbons (Fsp3) is 0.222. The summed E-state index contributed by atoms with van der Waals surface area (Å²) in [7, 11) is 1.17. The Bertz CT molecular complexity index is 371. The molecule has 0 heterocycles. The van der Waals surface area contributed by atoms with Crippen molar-refractivity contribution in [2.24, 2.45) is 0 Å². The molecule has 0 spiro atoms.